The lowest BCUT2D eigenvalue weighted by atomic mass is 10.0. The van der Waals surface area contributed by atoms with E-state index in [0.717, 1.165) is 24.3 Å². The standard InChI is InChI=1S/C18H14F5NO4S/c1-10-8-18(22,23)16(25)7-14(29(26,27)17(20)21)2-3-15(10)28-13-5-11(9-24)4-12(19)6-13/h2-6,16-17,25H,1,7-8H2/b14-2+,15-3?/t16-/m0/s1. The molecule has 29 heavy (non-hydrogen) atoms. The van der Waals surface area contributed by atoms with Crippen LogP contribution in [0.1, 0.15) is 18.4 Å². The molecule has 0 bridgehead atoms. The Morgan fingerprint density at radius 2 is 1.93 bits per heavy atom. The highest BCUT2D eigenvalue weighted by Crippen LogP contribution is 2.36. The third-order valence-electron chi connectivity index (χ3n) is 3.93. The zero-order valence-electron chi connectivity index (χ0n) is 14.6. The summed E-state index contributed by atoms with van der Waals surface area (Å²) in [5.74, 6) is -9.44. The second-order valence-corrected chi connectivity index (χ2v) is 8.09. The summed E-state index contributed by atoms with van der Waals surface area (Å²) in [5.41, 5.74) is -0.560. The van der Waals surface area contributed by atoms with Crippen LogP contribution in [0.3, 0.4) is 0 Å². The van der Waals surface area contributed by atoms with Gasteiger partial charge >= 0.3 is 5.76 Å². The monoisotopic (exact) mass is 435 g/mol. The minimum Gasteiger partial charge on any atom is -0.457 e. The number of hydrogen-bond donors (Lipinski definition) is 1. The molecule has 0 fully saturated rings. The normalized spacial score (nSPS) is 21.9. The molecule has 1 N–H and O–H groups in total. The molecule has 1 aromatic rings. The lowest BCUT2D eigenvalue weighted by Crippen LogP contribution is -2.35. The molecule has 1 aliphatic carbocycles. The van der Waals surface area contributed by atoms with Gasteiger partial charge in [0.25, 0.3) is 5.92 Å². The smallest absolute Gasteiger partial charge is 0.340 e. The summed E-state index contributed by atoms with van der Waals surface area (Å²) >= 11 is 0. The molecule has 2 rings (SSSR count). The molecule has 0 unspecified atom stereocenters. The van der Waals surface area contributed by atoms with Crippen LogP contribution in [0.2, 0.25) is 0 Å². The first-order chi connectivity index (χ1) is 13.4. The Kier molecular flexibility index (Phi) is 6.50. The summed E-state index contributed by atoms with van der Waals surface area (Å²) in [5, 5.41) is 18.5. The molecule has 11 heteroatoms. The maximum absolute atomic E-state index is 14.2. The van der Waals surface area contributed by atoms with Crippen LogP contribution in [0.25, 0.3) is 0 Å². The van der Waals surface area contributed by atoms with E-state index in [0.29, 0.717) is 6.08 Å². The zero-order valence-corrected chi connectivity index (χ0v) is 15.4. The average Bonchev–Trinajstić information content (AvgIpc) is 2.65. The number of sulfone groups is 1. The quantitative estimate of drug-likeness (QED) is 0.727. The van der Waals surface area contributed by atoms with E-state index in [4.69, 9.17) is 10.00 Å². The van der Waals surface area contributed by atoms with Gasteiger partial charge in [0.15, 0.2) is 0 Å². The fourth-order valence-corrected chi connectivity index (χ4v) is 3.31. The number of ether oxygens (including phenoxy) is 1. The van der Waals surface area contributed by atoms with Crippen LogP contribution in [-0.2, 0) is 9.84 Å². The molecule has 1 atom stereocenters. The number of nitrogens with zero attached hydrogens (tertiary/aromatic N) is 1. The Bertz CT molecular complexity index is 1030. The van der Waals surface area contributed by atoms with Gasteiger partial charge in [-0.3, -0.25) is 0 Å². The minimum atomic E-state index is -5.27. The lowest BCUT2D eigenvalue weighted by Gasteiger charge is -2.24. The van der Waals surface area contributed by atoms with Crippen molar-refractivity contribution in [1.82, 2.24) is 0 Å². The van der Waals surface area contributed by atoms with Crippen molar-refractivity contribution in [3.8, 4) is 11.8 Å². The molecule has 0 spiro atoms. The Morgan fingerprint density at radius 1 is 1.28 bits per heavy atom. The molecule has 5 nitrogen and oxygen atoms in total. The largest absolute Gasteiger partial charge is 0.457 e. The molecule has 156 valence electrons. The van der Waals surface area contributed by atoms with Crippen LogP contribution in [0, 0.1) is 17.1 Å². The predicted molar refractivity (Wildman–Crippen MR) is 92.2 cm³/mol. The van der Waals surface area contributed by atoms with Crippen molar-refractivity contribution in [2.75, 3.05) is 0 Å². The third kappa shape index (κ3) is 5.21. The Balaban J connectivity index is 2.56. The fraction of sp³-hybridized carbons (Fsp3) is 0.278. The molecule has 0 saturated carbocycles. The van der Waals surface area contributed by atoms with E-state index in [9.17, 15) is 35.5 Å². The molecular weight excluding hydrogens is 421 g/mol. The molecule has 1 aromatic carbocycles. The lowest BCUT2D eigenvalue weighted by molar-refractivity contribution is -0.105. The predicted octanol–water partition coefficient (Wildman–Crippen LogP) is 3.83. The average molecular weight is 435 g/mol. The highest BCUT2D eigenvalue weighted by atomic mass is 32.2. The highest BCUT2D eigenvalue weighted by molar-refractivity contribution is 7.95. The van der Waals surface area contributed by atoms with Crippen LogP contribution < -0.4 is 4.74 Å². The van der Waals surface area contributed by atoms with Gasteiger partial charge in [0.05, 0.1) is 16.5 Å². The number of allylic oxidation sites excluding steroid dienone is 3. The van der Waals surface area contributed by atoms with Crippen molar-refractivity contribution in [2.45, 2.75) is 30.6 Å². The van der Waals surface area contributed by atoms with Gasteiger partial charge in [-0.2, -0.15) is 14.0 Å². The second kappa shape index (κ2) is 8.34. The summed E-state index contributed by atoms with van der Waals surface area (Å²) in [7, 11) is -5.27. The number of aliphatic hydroxyl groups is 1. The van der Waals surface area contributed by atoms with Crippen molar-refractivity contribution in [3.63, 3.8) is 0 Å². The first kappa shape index (κ1) is 22.6. The number of halogens is 5. The maximum atomic E-state index is 14.2. The topological polar surface area (TPSA) is 87.4 Å². The maximum Gasteiger partial charge on any atom is 0.340 e. The first-order valence-electron chi connectivity index (χ1n) is 7.92. The number of rotatable bonds is 4. The Hall–Kier alpha value is -2.71. The van der Waals surface area contributed by atoms with Crippen molar-refractivity contribution in [1.29, 1.82) is 5.26 Å². The van der Waals surface area contributed by atoms with E-state index >= 15 is 0 Å². The third-order valence-corrected chi connectivity index (χ3v) is 5.43. The molecule has 0 amide bonds. The van der Waals surface area contributed by atoms with E-state index in [1.165, 1.54) is 0 Å². The molecule has 0 radical (unpaired) electrons. The van der Waals surface area contributed by atoms with Gasteiger partial charge in [0.2, 0.25) is 9.84 Å². The van der Waals surface area contributed by atoms with E-state index < -0.39 is 62.5 Å². The van der Waals surface area contributed by atoms with Crippen molar-refractivity contribution >= 4 is 9.84 Å². The molecule has 1 aliphatic rings. The van der Waals surface area contributed by atoms with Crippen LogP contribution >= 0.6 is 0 Å². The second-order valence-electron chi connectivity index (χ2n) is 6.12. The molecule has 0 aromatic heterocycles. The zero-order chi connectivity index (χ0) is 22.0. The Morgan fingerprint density at radius 3 is 2.52 bits per heavy atom. The van der Waals surface area contributed by atoms with Crippen LogP contribution in [0.15, 0.2) is 53.2 Å². The van der Waals surface area contributed by atoms with Gasteiger partial charge in [-0.25, -0.2) is 21.6 Å². The molecule has 0 heterocycles. The highest BCUT2D eigenvalue weighted by Gasteiger charge is 2.43. The summed E-state index contributed by atoms with van der Waals surface area (Å²) in [6.45, 7) is 3.38. The van der Waals surface area contributed by atoms with E-state index in [2.05, 4.69) is 6.58 Å². The van der Waals surface area contributed by atoms with E-state index in [1.807, 2.05) is 0 Å². The summed E-state index contributed by atoms with van der Waals surface area (Å²) < 4.78 is 96.5. The van der Waals surface area contributed by atoms with Gasteiger partial charge in [-0.05, 0) is 29.9 Å². The SMILES string of the molecule is C=C1CC(F)(F)[C@@H](O)C/C(S(=O)(=O)C(F)F)=C\C=C1Oc1cc(F)cc(C#N)c1. The Labute approximate surface area is 162 Å². The molecule has 0 saturated heterocycles. The van der Waals surface area contributed by atoms with Crippen LogP contribution in [0.4, 0.5) is 22.0 Å². The number of nitriles is 1. The van der Waals surface area contributed by atoms with Crippen molar-refractivity contribution in [2.24, 2.45) is 0 Å². The van der Waals surface area contributed by atoms with Crippen LogP contribution in [0.5, 0.6) is 5.75 Å². The van der Waals surface area contributed by atoms with Gasteiger partial charge < -0.3 is 9.84 Å². The van der Waals surface area contributed by atoms with Crippen LogP contribution in [-0.4, -0.2) is 31.3 Å². The first-order valence-corrected chi connectivity index (χ1v) is 9.47. The van der Waals surface area contributed by atoms with E-state index in [-0.39, 0.29) is 11.3 Å². The van der Waals surface area contributed by atoms with Gasteiger partial charge in [0, 0.05) is 18.9 Å². The van der Waals surface area contributed by atoms with Gasteiger partial charge in [0.1, 0.15) is 23.4 Å². The minimum absolute atomic E-state index is 0.147. The van der Waals surface area contributed by atoms with Gasteiger partial charge in [-0.15, -0.1) is 0 Å². The van der Waals surface area contributed by atoms with E-state index in [1.54, 1.807) is 6.07 Å². The van der Waals surface area contributed by atoms with Crippen molar-refractivity contribution < 1.29 is 40.2 Å². The number of benzene rings is 1. The van der Waals surface area contributed by atoms with Crippen molar-refractivity contribution in [3.05, 3.63) is 64.5 Å². The number of alkyl halides is 4. The summed E-state index contributed by atoms with van der Waals surface area (Å²) in [6.07, 6.45) is -3.61. The number of hydrogen-bond acceptors (Lipinski definition) is 5. The number of aliphatic hydroxyl groups excluding tert-OH is 1. The molecular formula is C18H14F5NO4S. The molecule has 0 aliphatic heterocycles. The fourth-order valence-electron chi connectivity index (χ4n) is 2.43. The van der Waals surface area contributed by atoms with Gasteiger partial charge in [-0.1, -0.05) is 6.58 Å². The summed E-state index contributed by atoms with van der Waals surface area (Å²) in [6, 6.07) is 4.45. The summed E-state index contributed by atoms with van der Waals surface area (Å²) in [4.78, 5) is -1.13.